The van der Waals surface area contributed by atoms with E-state index in [-0.39, 0.29) is 6.04 Å². The van der Waals surface area contributed by atoms with Crippen molar-refractivity contribution < 1.29 is 0 Å². The van der Waals surface area contributed by atoms with E-state index in [9.17, 15) is 0 Å². The van der Waals surface area contributed by atoms with E-state index >= 15 is 0 Å². The smallest absolute Gasteiger partial charge is 0.0577 e. The maximum absolute atomic E-state index is 6.11. The molecule has 0 bridgehead atoms. The molecule has 2 aromatic rings. The van der Waals surface area contributed by atoms with Crippen molar-refractivity contribution in [1.82, 2.24) is 5.32 Å². The molecular formula is C16H17ClIN. The van der Waals surface area contributed by atoms with Crippen LogP contribution in [0.4, 0.5) is 0 Å². The van der Waals surface area contributed by atoms with E-state index in [1.807, 2.05) is 18.2 Å². The van der Waals surface area contributed by atoms with E-state index in [1.54, 1.807) is 0 Å². The zero-order valence-corrected chi connectivity index (χ0v) is 13.8. The molecule has 0 amide bonds. The van der Waals surface area contributed by atoms with Crippen molar-refractivity contribution in [2.75, 3.05) is 6.54 Å². The Morgan fingerprint density at radius 1 is 1.11 bits per heavy atom. The summed E-state index contributed by atoms with van der Waals surface area (Å²) < 4.78 is 1.25. The lowest BCUT2D eigenvalue weighted by molar-refractivity contribution is 0.598. The molecular weight excluding hydrogens is 369 g/mol. The minimum Gasteiger partial charge on any atom is -0.306 e. The van der Waals surface area contributed by atoms with E-state index in [0.29, 0.717) is 0 Å². The summed E-state index contributed by atoms with van der Waals surface area (Å²) in [5, 5.41) is 4.38. The van der Waals surface area contributed by atoms with Crippen LogP contribution in [0.3, 0.4) is 0 Å². The molecule has 2 rings (SSSR count). The van der Waals surface area contributed by atoms with Crippen LogP contribution in [0.2, 0.25) is 5.02 Å². The minimum atomic E-state index is 0.202. The van der Waals surface area contributed by atoms with Gasteiger partial charge in [0.2, 0.25) is 0 Å². The van der Waals surface area contributed by atoms with Crippen molar-refractivity contribution in [3.8, 4) is 0 Å². The number of hydrogen-bond acceptors (Lipinski definition) is 1. The fourth-order valence-electron chi connectivity index (χ4n) is 2.09. The molecule has 0 aromatic heterocycles. The quantitative estimate of drug-likeness (QED) is 0.712. The summed E-state index contributed by atoms with van der Waals surface area (Å²) in [7, 11) is 0. The molecule has 0 fully saturated rings. The number of hydrogen-bond donors (Lipinski definition) is 1. The average molecular weight is 386 g/mol. The summed E-state index contributed by atoms with van der Waals surface area (Å²) in [4.78, 5) is 0. The van der Waals surface area contributed by atoms with E-state index in [2.05, 4.69) is 65.2 Å². The van der Waals surface area contributed by atoms with Crippen LogP contribution in [-0.2, 0) is 0 Å². The molecule has 100 valence electrons. The molecule has 0 saturated carbocycles. The van der Waals surface area contributed by atoms with Crippen molar-refractivity contribution in [3.05, 3.63) is 68.3 Å². The van der Waals surface area contributed by atoms with Gasteiger partial charge in [-0.1, -0.05) is 42.8 Å². The first-order valence-electron chi connectivity index (χ1n) is 6.45. The second-order valence-corrected chi connectivity index (χ2v) is 6.18. The van der Waals surface area contributed by atoms with Crippen LogP contribution < -0.4 is 5.32 Å². The molecule has 1 nitrogen and oxygen atoms in total. The molecule has 0 radical (unpaired) electrons. The summed E-state index contributed by atoms with van der Waals surface area (Å²) in [6, 6.07) is 16.9. The fraction of sp³-hybridized carbons (Fsp3) is 0.250. The minimum absolute atomic E-state index is 0.202. The summed E-state index contributed by atoms with van der Waals surface area (Å²) in [6.07, 6.45) is 1.11. The molecule has 0 saturated heterocycles. The van der Waals surface area contributed by atoms with Crippen molar-refractivity contribution in [2.24, 2.45) is 0 Å². The summed E-state index contributed by atoms with van der Waals surface area (Å²) in [5.74, 6) is 0. The third-order valence-corrected chi connectivity index (χ3v) is 3.87. The normalized spacial score (nSPS) is 12.4. The number of rotatable bonds is 5. The highest BCUT2D eigenvalue weighted by Gasteiger charge is 2.13. The summed E-state index contributed by atoms with van der Waals surface area (Å²) in [5.41, 5.74) is 2.49. The highest BCUT2D eigenvalue weighted by atomic mass is 127. The van der Waals surface area contributed by atoms with E-state index < -0.39 is 0 Å². The molecule has 1 N–H and O–H groups in total. The Kier molecular flexibility index (Phi) is 5.67. The van der Waals surface area contributed by atoms with Gasteiger partial charge in [0.1, 0.15) is 0 Å². The highest BCUT2D eigenvalue weighted by molar-refractivity contribution is 14.1. The largest absolute Gasteiger partial charge is 0.306 e. The number of nitrogens with one attached hydrogen (secondary N) is 1. The molecule has 1 unspecified atom stereocenters. The van der Waals surface area contributed by atoms with Crippen molar-refractivity contribution in [2.45, 2.75) is 19.4 Å². The molecule has 2 aromatic carbocycles. The van der Waals surface area contributed by atoms with Crippen molar-refractivity contribution >= 4 is 34.2 Å². The SMILES string of the molecule is CCCNC(c1cccc(Cl)c1)c1cccc(I)c1. The first-order valence-corrected chi connectivity index (χ1v) is 7.90. The summed E-state index contributed by atoms with van der Waals surface area (Å²) >= 11 is 8.46. The van der Waals surface area contributed by atoms with Gasteiger partial charge in [-0.2, -0.15) is 0 Å². The van der Waals surface area contributed by atoms with Gasteiger partial charge in [0.05, 0.1) is 6.04 Å². The zero-order chi connectivity index (χ0) is 13.7. The molecule has 0 spiro atoms. The van der Waals surface area contributed by atoms with Gasteiger partial charge in [0.15, 0.2) is 0 Å². The third kappa shape index (κ3) is 4.20. The molecule has 0 aliphatic rings. The van der Waals surface area contributed by atoms with Crippen LogP contribution >= 0.6 is 34.2 Å². The van der Waals surface area contributed by atoms with E-state index in [4.69, 9.17) is 11.6 Å². The molecule has 0 heterocycles. The number of benzene rings is 2. The van der Waals surface area contributed by atoms with Crippen molar-refractivity contribution in [3.63, 3.8) is 0 Å². The monoisotopic (exact) mass is 385 g/mol. The Morgan fingerprint density at radius 3 is 2.42 bits per heavy atom. The Hall–Kier alpha value is -0.580. The van der Waals surface area contributed by atoms with Crippen LogP contribution in [0, 0.1) is 3.57 Å². The topological polar surface area (TPSA) is 12.0 Å². The van der Waals surface area contributed by atoms with Gasteiger partial charge in [-0.25, -0.2) is 0 Å². The van der Waals surface area contributed by atoms with Crippen LogP contribution in [0.25, 0.3) is 0 Å². The summed E-state index contributed by atoms with van der Waals surface area (Å²) in [6.45, 7) is 3.17. The predicted octanol–water partition coefficient (Wildman–Crippen LogP) is 5.03. The van der Waals surface area contributed by atoms with Gasteiger partial charge in [-0.05, 0) is 70.9 Å². The lowest BCUT2D eigenvalue weighted by Gasteiger charge is -2.20. The van der Waals surface area contributed by atoms with Gasteiger partial charge >= 0.3 is 0 Å². The van der Waals surface area contributed by atoms with Crippen molar-refractivity contribution in [1.29, 1.82) is 0 Å². The zero-order valence-electron chi connectivity index (χ0n) is 10.9. The first-order chi connectivity index (χ1) is 9.20. The Bertz CT molecular complexity index is 496. The third-order valence-electron chi connectivity index (χ3n) is 2.96. The van der Waals surface area contributed by atoms with E-state index in [0.717, 1.165) is 18.0 Å². The van der Waals surface area contributed by atoms with Crippen LogP contribution in [0.15, 0.2) is 48.5 Å². The first kappa shape index (κ1) is 14.8. The molecule has 0 aliphatic heterocycles. The average Bonchev–Trinajstić information content (AvgIpc) is 2.39. The van der Waals surface area contributed by atoms with Gasteiger partial charge in [0, 0.05) is 8.59 Å². The van der Waals surface area contributed by atoms with Crippen LogP contribution in [0.5, 0.6) is 0 Å². The second-order valence-electron chi connectivity index (χ2n) is 4.50. The van der Waals surface area contributed by atoms with Gasteiger partial charge in [-0.3, -0.25) is 0 Å². The lowest BCUT2D eigenvalue weighted by Crippen LogP contribution is -2.23. The Labute approximate surface area is 133 Å². The van der Waals surface area contributed by atoms with Crippen LogP contribution in [-0.4, -0.2) is 6.54 Å². The Balaban J connectivity index is 2.35. The molecule has 3 heteroatoms. The lowest BCUT2D eigenvalue weighted by atomic mass is 9.98. The van der Waals surface area contributed by atoms with Crippen LogP contribution in [0.1, 0.15) is 30.5 Å². The molecule has 0 aliphatic carbocycles. The molecule has 19 heavy (non-hydrogen) atoms. The predicted molar refractivity (Wildman–Crippen MR) is 90.7 cm³/mol. The van der Waals surface area contributed by atoms with Gasteiger partial charge in [0.25, 0.3) is 0 Å². The van der Waals surface area contributed by atoms with Gasteiger partial charge in [-0.15, -0.1) is 0 Å². The maximum atomic E-state index is 6.11. The maximum Gasteiger partial charge on any atom is 0.0577 e. The molecule has 1 atom stereocenters. The standard InChI is InChI=1S/C16H17ClIN/c1-2-9-19-16(12-5-3-7-14(17)10-12)13-6-4-8-15(18)11-13/h3-8,10-11,16,19H,2,9H2,1H3. The Morgan fingerprint density at radius 2 is 1.79 bits per heavy atom. The van der Waals surface area contributed by atoms with Gasteiger partial charge < -0.3 is 5.32 Å². The highest BCUT2D eigenvalue weighted by Crippen LogP contribution is 2.25. The van der Waals surface area contributed by atoms with E-state index in [1.165, 1.54) is 14.7 Å². The fourth-order valence-corrected chi connectivity index (χ4v) is 2.86. The second kappa shape index (κ2) is 7.27. The number of halogens is 2.